The predicted octanol–water partition coefficient (Wildman–Crippen LogP) is 1.61. The molecule has 0 aliphatic heterocycles. The highest BCUT2D eigenvalue weighted by Gasteiger charge is 2.20. The van der Waals surface area contributed by atoms with Crippen molar-refractivity contribution in [3.63, 3.8) is 0 Å². The molecule has 1 atom stereocenters. The Morgan fingerprint density at radius 1 is 0.727 bits per heavy atom. The normalized spacial score (nSPS) is 11.5. The quantitative estimate of drug-likeness (QED) is 0.134. The number of aliphatic hydroxyl groups is 3. The van der Waals surface area contributed by atoms with Crippen LogP contribution in [-0.2, 0) is 14.4 Å². The number of hydrogen-bond donors (Lipinski definition) is 6. The van der Waals surface area contributed by atoms with Crippen molar-refractivity contribution in [3.8, 4) is 0 Å². The minimum absolute atomic E-state index is 0.0694. The third kappa shape index (κ3) is 24.7. The molecule has 0 fully saturated rings. The summed E-state index contributed by atoms with van der Waals surface area (Å²) in [6, 6.07) is -1.11. The number of aliphatic hydroxyl groups excluding tert-OH is 3. The predicted molar refractivity (Wildman–Crippen MR) is 126 cm³/mol. The molecule has 0 saturated carbocycles. The van der Waals surface area contributed by atoms with Crippen LogP contribution >= 0.6 is 0 Å². The number of carboxylic acid groups (broad SMARTS) is 2. The van der Waals surface area contributed by atoms with Gasteiger partial charge in [0.05, 0.1) is 19.8 Å². The fourth-order valence-electron chi connectivity index (χ4n) is 3.15. The highest BCUT2D eigenvalue weighted by atomic mass is 16.4. The first-order valence-electron chi connectivity index (χ1n) is 12.1. The monoisotopic (exact) mass is 478 g/mol. The number of carbonyl (C=O) groups excluding carboxylic acids is 1. The maximum atomic E-state index is 11.7. The lowest BCUT2D eigenvalue weighted by molar-refractivity contribution is -0.143. The largest absolute Gasteiger partial charge is 0.481 e. The Kier molecular flexibility index (Phi) is 25.2. The molecular weight excluding hydrogens is 432 g/mol. The van der Waals surface area contributed by atoms with E-state index in [9.17, 15) is 14.4 Å². The van der Waals surface area contributed by atoms with Gasteiger partial charge in [-0.15, -0.1) is 0 Å². The van der Waals surface area contributed by atoms with E-state index in [1.807, 2.05) is 0 Å². The summed E-state index contributed by atoms with van der Waals surface area (Å²) in [7, 11) is 0. The lowest BCUT2D eigenvalue weighted by Crippen LogP contribution is -2.41. The molecule has 0 rings (SSSR count). The van der Waals surface area contributed by atoms with Crippen LogP contribution in [0.25, 0.3) is 0 Å². The van der Waals surface area contributed by atoms with E-state index in [0.717, 1.165) is 19.3 Å². The van der Waals surface area contributed by atoms with Gasteiger partial charge in [-0.2, -0.15) is 0 Å². The summed E-state index contributed by atoms with van der Waals surface area (Å²) >= 11 is 0. The van der Waals surface area contributed by atoms with Crippen LogP contribution in [0, 0.1) is 0 Å². The SMILES string of the molecule is CCCCCCCCCCCC(=O)NC(CCC(=O)O)C(=O)O.OCCN(CCO)CCO. The number of rotatable bonds is 21. The van der Waals surface area contributed by atoms with Gasteiger partial charge in [-0.25, -0.2) is 4.79 Å². The second-order valence-corrected chi connectivity index (χ2v) is 7.98. The van der Waals surface area contributed by atoms with E-state index < -0.39 is 18.0 Å². The molecule has 0 aromatic carbocycles. The van der Waals surface area contributed by atoms with E-state index in [-0.39, 0.29) is 38.6 Å². The van der Waals surface area contributed by atoms with Gasteiger partial charge in [-0.1, -0.05) is 58.3 Å². The molecule has 0 saturated heterocycles. The van der Waals surface area contributed by atoms with E-state index >= 15 is 0 Å². The first-order chi connectivity index (χ1) is 15.8. The number of hydrogen-bond acceptors (Lipinski definition) is 7. The van der Waals surface area contributed by atoms with Crippen LogP contribution in [-0.4, -0.2) is 93.8 Å². The van der Waals surface area contributed by atoms with E-state index in [4.69, 9.17) is 25.5 Å². The first kappa shape index (κ1) is 33.4. The molecule has 1 unspecified atom stereocenters. The maximum Gasteiger partial charge on any atom is 0.326 e. The highest BCUT2D eigenvalue weighted by molar-refractivity contribution is 5.83. The van der Waals surface area contributed by atoms with Crippen LogP contribution in [0.4, 0.5) is 0 Å². The van der Waals surface area contributed by atoms with Crippen LogP contribution in [0.15, 0.2) is 0 Å². The molecule has 10 heteroatoms. The molecule has 0 aliphatic rings. The van der Waals surface area contributed by atoms with E-state index in [2.05, 4.69) is 12.2 Å². The average Bonchev–Trinajstić information content (AvgIpc) is 2.76. The minimum atomic E-state index is -1.19. The molecule has 10 nitrogen and oxygen atoms in total. The molecule has 0 radical (unpaired) electrons. The van der Waals surface area contributed by atoms with Crippen LogP contribution in [0.3, 0.4) is 0 Å². The van der Waals surface area contributed by atoms with Crippen LogP contribution in [0.2, 0.25) is 0 Å². The highest BCUT2D eigenvalue weighted by Crippen LogP contribution is 2.10. The molecule has 33 heavy (non-hydrogen) atoms. The van der Waals surface area contributed by atoms with Gasteiger partial charge in [0.25, 0.3) is 0 Å². The lowest BCUT2D eigenvalue weighted by Gasteiger charge is -2.17. The van der Waals surface area contributed by atoms with Crippen molar-refractivity contribution in [2.24, 2.45) is 0 Å². The summed E-state index contributed by atoms with van der Waals surface area (Å²) in [6.07, 6.45) is 10.3. The van der Waals surface area contributed by atoms with Gasteiger partial charge in [0, 0.05) is 32.5 Å². The van der Waals surface area contributed by atoms with Gasteiger partial charge in [-0.3, -0.25) is 14.5 Å². The van der Waals surface area contributed by atoms with E-state index in [1.165, 1.54) is 38.5 Å². The number of carbonyl (C=O) groups is 3. The summed E-state index contributed by atoms with van der Waals surface area (Å²) in [4.78, 5) is 34.9. The summed E-state index contributed by atoms with van der Waals surface area (Å²) in [6.45, 7) is 3.95. The Labute approximate surface area is 198 Å². The maximum absolute atomic E-state index is 11.7. The Balaban J connectivity index is 0. The fraction of sp³-hybridized carbons (Fsp3) is 0.870. The first-order valence-corrected chi connectivity index (χ1v) is 12.1. The fourth-order valence-corrected chi connectivity index (χ4v) is 3.15. The molecule has 0 spiro atoms. The van der Waals surface area contributed by atoms with E-state index in [0.29, 0.717) is 26.1 Å². The number of aliphatic carboxylic acids is 2. The van der Waals surface area contributed by atoms with Crippen molar-refractivity contribution in [2.45, 2.75) is 90.0 Å². The zero-order valence-electron chi connectivity index (χ0n) is 20.2. The third-order valence-corrected chi connectivity index (χ3v) is 5.04. The van der Waals surface area contributed by atoms with Crippen molar-refractivity contribution in [1.29, 1.82) is 0 Å². The van der Waals surface area contributed by atoms with Crippen molar-refractivity contribution in [2.75, 3.05) is 39.5 Å². The van der Waals surface area contributed by atoms with Gasteiger partial charge in [-0.05, 0) is 12.8 Å². The Morgan fingerprint density at radius 2 is 1.18 bits per heavy atom. The van der Waals surface area contributed by atoms with Gasteiger partial charge >= 0.3 is 11.9 Å². The van der Waals surface area contributed by atoms with Crippen molar-refractivity contribution in [3.05, 3.63) is 0 Å². The smallest absolute Gasteiger partial charge is 0.326 e. The summed E-state index contributed by atoms with van der Waals surface area (Å²) in [5.41, 5.74) is 0. The molecule has 196 valence electrons. The van der Waals surface area contributed by atoms with Crippen LogP contribution < -0.4 is 5.32 Å². The molecule has 0 aromatic rings. The van der Waals surface area contributed by atoms with Crippen molar-refractivity contribution < 1.29 is 39.9 Å². The second kappa shape index (κ2) is 24.9. The Morgan fingerprint density at radius 3 is 1.58 bits per heavy atom. The third-order valence-electron chi connectivity index (χ3n) is 5.04. The zero-order chi connectivity index (χ0) is 25.3. The van der Waals surface area contributed by atoms with Crippen LogP contribution in [0.1, 0.15) is 84.0 Å². The molecule has 6 N–H and O–H groups in total. The standard InChI is InChI=1S/C17H31NO5.C6H15NO3/c1-2-3-4-5-6-7-8-9-10-11-15(19)18-14(17(22)23)12-13-16(20)21;8-4-1-7(2-5-9)3-6-10/h14H,2-13H2,1H3,(H,18,19)(H,20,21)(H,22,23);8-10H,1-6H2. The van der Waals surface area contributed by atoms with Crippen molar-refractivity contribution in [1.82, 2.24) is 10.2 Å². The van der Waals surface area contributed by atoms with Crippen molar-refractivity contribution >= 4 is 17.8 Å². The molecular formula is C23H46N2O8. The van der Waals surface area contributed by atoms with E-state index in [1.54, 1.807) is 4.90 Å². The van der Waals surface area contributed by atoms with Gasteiger partial charge in [0.15, 0.2) is 0 Å². The van der Waals surface area contributed by atoms with Gasteiger partial charge < -0.3 is 30.8 Å². The molecule has 0 aromatic heterocycles. The summed E-state index contributed by atoms with van der Waals surface area (Å²) in [5, 5.41) is 45.4. The Bertz CT molecular complexity index is 477. The Hall–Kier alpha value is -1.75. The number of amides is 1. The number of unbranched alkanes of at least 4 members (excludes halogenated alkanes) is 8. The van der Waals surface area contributed by atoms with Crippen LogP contribution in [0.5, 0.6) is 0 Å². The minimum Gasteiger partial charge on any atom is -0.481 e. The molecule has 0 heterocycles. The van der Waals surface area contributed by atoms with Gasteiger partial charge in [0.1, 0.15) is 6.04 Å². The van der Waals surface area contributed by atoms with Gasteiger partial charge in [0.2, 0.25) is 5.91 Å². The zero-order valence-corrected chi connectivity index (χ0v) is 20.2. The summed E-state index contributed by atoms with van der Waals surface area (Å²) < 4.78 is 0. The topological polar surface area (TPSA) is 168 Å². The number of nitrogens with zero attached hydrogens (tertiary/aromatic N) is 1. The number of carboxylic acids is 2. The number of nitrogens with one attached hydrogen (secondary N) is 1. The molecule has 0 bridgehead atoms. The lowest BCUT2D eigenvalue weighted by atomic mass is 10.1. The second-order valence-electron chi connectivity index (χ2n) is 7.98. The summed E-state index contributed by atoms with van der Waals surface area (Å²) in [5.74, 6) is -2.57. The molecule has 1 amide bonds. The molecule has 0 aliphatic carbocycles. The average molecular weight is 479 g/mol.